The lowest BCUT2D eigenvalue weighted by Gasteiger charge is -2.19. The van der Waals surface area contributed by atoms with Crippen LogP contribution in [0.1, 0.15) is 6.92 Å². The first-order chi connectivity index (χ1) is 5.75. The fraction of sp³-hybridized carbons (Fsp3) is 0.625. The Labute approximate surface area is 71.7 Å². The number of nitrogens with zero attached hydrogens (tertiary/aromatic N) is 1. The van der Waals surface area contributed by atoms with Crippen LogP contribution in [-0.4, -0.2) is 37.6 Å². The van der Waals surface area contributed by atoms with Crippen LogP contribution in [0.3, 0.4) is 0 Å². The van der Waals surface area contributed by atoms with Gasteiger partial charge in [0.1, 0.15) is 19.5 Å². The van der Waals surface area contributed by atoms with Gasteiger partial charge in [-0.05, 0) is 6.92 Å². The van der Waals surface area contributed by atoms with Gasteiger partial charge in [-0.2, -0.15) is 0 Å². The second kappa shape index (κ2) is 3.99. The van der Waals surface area contributed by atoms with Gasteiger partial charge in [0.25, 0.3) is 5.91 Å². The van der Waals surface area contributed by atoms with Crippen molar-refractivity contribution in [1.82, 2.24) is 4.90 Å². The van der Waals surface area contributed by atoms with E-state index >= 15 is 0 Å². The molecule has 68 valence electrons. The van der Waals surface area contributed by atoms with E-state index in [0.717, 1.165) is 0 Å². The van der Waals surface area contributed by atoms with Crippen molar-refractivity contribution in [2.24, 2.45) is 0 Å². The molecule has 1 rings (SSSR count). The van der Waals surface area contributed by atoms with Crippen molar-refractivity contribution in [3.05, 3.63) is 12.0 Å². The van der Waals surface area contributed by atoms with Gasteiger partial charge in [-0.25, -0.2) is 0 Å². The summed E-state index contributed by atoms with van der Waals surface area (Å²) in [5, 5.41) is 0. The van der Waals surface area contributed by atoms with Gasteiger partial charge in [0.05, 0.1) is 0 Å². The van der Waals surface area contributed by atoms with Crippen molar-refractivity contribution in [3.8, 4) is 0 Å². The van der Waals surface area contributed by atoms with Crippen LogP contribution in [0.2, 0.25) is 0 Å². The maximum absolute atomic E-state index is 11.4. The minimum Gasteiger partial charge on any atom is -0.494 e. The molecule has 0 unspecified atom stereocenters. The molecule has 0 aromatic carbocycles. The van der Waals surface area contributed by atoms with Gasteiger partial charge in [-0.1, -0.05) is 0 Å². The highest BCUT2D eigenvalue weighted by atomic mass is 16.6. The standard InChI is InChI=1S/C8H13NO3/c1-3-9(2)8(10)7-6-11-4-5-12-7/h6H,3-5H2,1-2H3. The molecule has 1 heterocycles. The summed E-state index contributed by atoms with van der Waals surface area (Å²) in [4.78, 5) is 13.0. The molecule has 0 spiro atoms. The maximum Gasteiger partial charge on any atom is 0.291 e. The van der Waals surface area contributed by atoms with Crippen LogP contribution in [0.15, 0.2) is 12.0 Å². The van der Waals surface area contributed by atoms with E-state index in [9.17, 15) is 4.79 Å². The van der Waals surface area contributed by atoms with Crippen LogP contribution in [0, 0.1) is 0 Å². The monoisotopic (exact) mass is 171 g/mol. The number of rotatable bonds is 2. The number of carbonyl (C=O) groups excluding carboxylic acids is 1. The van der Waals surface area contributed by atoms with Gasteiger partial charge >= 0.3 is 0 Å². The molecule has 1 amide bonds. The quantitative estimate of drug-likeness (QED) is 0.602. The minimum absolute atomic E-state index is 0.128. The van der Waals surface area contributed by atoms with Gasteiger partial charge < -0.3 is 14.4 Å². The lowest BCUT2D eigenvalue weighted by atomic mass is 10.4. The largest absolute Gasteiger partial charge is 0.494 e. The highest BCUT2D eigenvalue weighted by Crippen LogP contribution is 2.06. The van der Waals surface area contributed by atoms with E-state index in [1.54, 1.807) is 11.9 Å². The third-order valence-electron chi connectivity index (χ3n) is 1.68. The Bertz CT molecular complexity index is 200. The van der Waals surface area contributed by atoms with Crippen molar-refractivity contribution in [2.75, 3.05) is 26.8 Å². The molecule has 0 N–H and O–H groups in total. The van der Waals surface area contributed by atoms with Crippen LogP contribution in [0.5, 0.6) is 0 Å². The molecule has 0 bridgehead atoms. The average Bonchev–Trinajstić information content (AvgIpc) is 2.17. The van der Waals surface area contributed by atoms with Crippen molar-refractivity contribution in [1.29, 1.82) is 0 Å². The van der Waals surface area contributed by atoms with E-state index in [0.29, 0.717) is 25.5 Å². The number of carbonyl (C=O) groups is 1. The first-order valence-corrected chi connectivity index (χ1v) is 3.95. The molecule has 0 aromatic heterocycles. The van der Waals surface area contributed by atoms with Crippen molar-refractivity contribution in [2.45, 2.75) is 6.92 Å². The molecule has 1 aliphatic heterocycles. The molecule has 0 fully saturated rings. The number of likely N-dealkylation sites (N-methyl/N-ethyl adjacent to an activating group) is 1. The summed E-state index contributed by atoms with van der Waals surface area (Å²) in [5.74, 6) is 0.169. The molecule has 0 atom stereocenters. The number of hydrogen-bond donors (Lipinski definition) is 0. The minimum atomic E-state index is -0.128. The molecule has 1 aliphatic rings. The van der Waals surface area contributed by atoms with E-state index in [4.69, 9.17) is 9.47 Å². The van der Waals surface area contributed by atoms with Gasteiger partial charge in [0.15, 0.2) is 0 Å². The van der Waals surface area contributed by atoms with Gasteiger partial charge in [-0.15, -0.1) is 0 Å². The number of ether oxygens (including phenoxy) is 2. The highest BCUT2D eigenvalue weighted by Gasteiger charge is 2.17. The number of hydrogen-bond acceptors (Lipinski definition) is 3. The second-order valence-electron chi connectivity index (χ2n) is 2.52. The van der Waals surface area contributed by atoms with Gasteiger partial charge in [0, 0.05) is 13.6 Å². The fourth-order valence-electron chi connectivity index (χ4n) is 0.812. The first-order valence-electron chi connectivity index (χ1n) is 3.95. The second-order valence-corrected chi connectivity index (χ2v) is 2.52. The SMILES string of the molecule is CCN(C)C(=O)C1=COCCO1. The lowest BCUT2D eigenvalue weighted by Crippen LogP contribution is -2.30. The normalized spacial score (nSPS) is 15.7. The molecule has 0 saturated carbocycles. The van der Waals surface area contributed by atoms with Crippen molar-refractivity contribution >= 4 is 5.91 Å². The lowest BCUT2D eigenvalue weighted by molar-refractivity contribution is -0.130. The zero-order chi connectivity index (χ0) is 8.97. The molecule has 0 saturated heterocycles. The average molecular weight is 171 g/mol. The topological polar surface area (TPSA) is 38.8 Å². The van der Waals surface area contributed by atoms with Crippen LogP contribution in [0.4, 0.5) is 0 Å². The molecule has 0 aliphatic carbocycles. The van der Waals surface area contributed by atoms with Gasteiger partial charge in [0.2, 0.25) is 5.76 Å². The Kier molecular flexibility index (Phi) is 2.96. The predicted octanol–water partition coefficient (Wildman–Crippen LogP) is 0.353. The number of amides is 1. The van der Waals surface area contributed by atoms with E-state index < -0.39 is 0 Å². The Morgan fingerprint density at radius 3 is 2.92 bits per heavy atom. The van der Waals surface area contributed by atoms with Crippen LogP contribution < -0.4 is 0 Å². The van der Waals surface area contributed by atoms with E-state index in [1.807, 2.05) is 6.92 Å². The third-order valence-corrected chi connectivity index (χ3v) is 1.68. The van der Waals surface area contributed by atoms with E-state index in [-0.39, 0.29) is 5.91 Å². The first kappa shape index (κ1) is 8.90. The molecule has 12 heavy (non-hydrogen) atoms. The third kappa shape index (κ3) is 1.90. The maximum atomic E-state index is 11.4. The summed E-state index contributed by atoms with van der Waals surface area (Å²) in [6.45, 7) is 3.55. The molecule has 0 radical (unpaired) electrons. The van der Waals surface area contributed by atoms with Crippen molar-refractivity contribution < 1.29 is 14.3 Å². The van der Waals surface area contributed by atoms with E-state index in [2.05, 4.69) is 0 Å². The Hall–Kier alpha value is -1.19. The molecular weight excluding hydrogens is 158 g/mol. The summed E-state index contributed by atoms with van der Waals surface area (Å²) in [7, 11) is 1.72. The van der Waals surface area contributed by atoms with Gasteiger partial charge in [-0.3, -0.25) is 4.79 Å². The van der Waals surface area contributed by atoms with Crippen molar-refractivity contribution in [3.63, 3.8) is 0 Å². The highest BCUT2D eigenvalue weighted by molar-refractivity contribution is 5.91. The molecular formula is C8H13NO3. The molecule has 4 heteroatoms. The Morgan fingerprint density at radius 1 is 1.67 bits per heavy atom. The zero-order valence-electron chi connectivity index (χ0n) is 7.37. The summed E-state index contributed by atoms with van der Waals surface area (Å²) in [6, 6.07) is 0. The fourth-order valence-corrected chi connectivity index (χ4v) is 0.812. The summed E-state index contributed by atoms with van der Waals surface area (Å²) < 4.78 is 10.1. The summed E-state index contributed by atoms with van der Waals surface area (Å²) in [5.41, 5.74) is 0. The summed E-state index contributed by atoms with van der Waals surface area (Å²) >= 11 is 0. The van der Waals surface area contributed by atoms with E-state index in [1.165, 1.54) is 6.26 Å². The van der Waals surface area contributed by atoms with Crippen LogP contribution in [-0.2, 0) is 14.3 Å². The Balaban J connectivity index is 2.56. The van der Waals surface area contributed by atoms with Crippen LogP contribution in [0.25, 0.3) is 0 Å². The summed E-state index contributed by atoms with van der Waals surface area (Å²) in [6.07, 6.45) is 1.37. The zero-order valence-corrected chi connectivity index (χ0v) is 7.37. The van der Waals surface area contributed by atoms with Crippen LogP contribution >= 0.6 is 0 Å². The smallest absolute Gasteiger partial charge is 0.291 e. The Morgan fingerprint density at radius 2 is 2.42 bits per heavy atom. The molecule has 0 aromatic rings. The molecule has 4 nitrogen and oxygen atoms in total. The predicted molar refractivity (Wildman–Crippen MR) is 43.3 cm³/mol.